The van der Waals surface area contributed by atoms with E-state index in [4.69, 9.17) is 5.11 Å². The molecule has 2 rings (SSSR count). The lowest BCUT2D eigenvalue weighted by atomic mass is 10.00. The average Bonchev–Trinajstić information content (AvgIpc) is 2.17. The van der Waals surface area contributed by atoms with Crippen molar-refractivity contribution >= 4 is 34.1 Å². The molecule has 0 bridgehead atoms. The van der Waals surface area contributed by atoms with Crippen molar-refractivity contribution in [2.75, 3.05) is 0 Å². The summed E-state index contributed by atoms with van der Waals surface area (Å²) < 4.78 is 0. The third-order valence-electron chi connectivity index (χ3n) is 2.35. The standard InChI is InChI=1S/C12H10O2.Al/c1-8-6-7-9-4-2-3-5-10(9)11(8)12(13)14;/h2-7H,1H3,(H,13,14);. The van der Waals surface area contributed by atoms with Gasteiger partial charge in [-0.3, -0.25) is 0 Å². The monoisotopic (exact) mass is 213 g/mol. The number of carbonyl (C=O) groups is 1. The molecular formula is C12H10AlO2. The fourth-order valence-corrected chi connectivity index (χ4v) is 1.66. The second kappa shape index (κ2) is 4.48. The molecule has 0 aliphatic rings. The van der Waals surface area contributed by atoms with Crippen LogP contribution in [0.15, 0.2) is 36.4 Å². The largest absolute Gasteiger partial charge is 0.478 e. The molecule has 0 amide bonds. The third-order valence-corrected chi connectivity index (χ3v) is 2.35. The van der Waals surface area contributed by atoms with Crippen LogP contribution in [0.4, 0.5) is 0 Å². The van der Waals surface area contributed by atoms with Crippen molar-refractivity contribution < 1.29 is 9.90 Å². The minimum atomic E-state index is -0.862. The van der Waals surface area contributed by atoms with E-state index in [1.54, 1.807) is 0 Å². The van der Waals surface area contributed by atoms with Crippen LogP contribution in [-0.4, -0.2) is 28.4 Å². The van der Waals surface area contributed by atoms with Crippen molar-refractivity contribution in [2.24, 2.45) is 0 Å². The molecule has 0 saturated heterocycles. The Kier molecular flexibility index (Phi) is 3.52. The molecule has 0 aliphatic heterocycles. The molecule has 0 heterocycles. The molecule has 1 N–H and O–H groups in total. The summed E-state index contributed by atoms with van der Waals surface area (Å²) in [6.07, 6.45) is 0. The van der Waals surface area contributed by atoms with E-state index < -0.39 is 5.97 Å². The minimum absolute atomic E-state index is 0. The predicted octanol–water partition coefficient (Wildman–Crippen LogP) is 2.47. The van der Waals surface area contributed by atoms with E-state index in [1.165, 1.54) is 0 Å². The van der Waals surface area contributed by atoms with Crippen LogP contribution in [-0.2, 0) is 0 Å². The molecule has 0 aromatic heterocycles. The normalized spacial score (nSPS) is 9.67. The van der Waals surface area contributed by atoms with Crippen LogP contribution >= 0.6 is 0 Å². The van der Waals surface area contributed by atoms with Gasteiger partial charge >= 0.3 is 5.97 Å². The van der Waals surface area contributed by atoms with Gasteiger partial charge in [0, 0.05) is 17.4 Å². The van der Waals surface area contributed by atoms with Crippen LogP contribution in [0.5, 0.6) is 0 Å². The lowest BCUT2D eigenvalue weighted by molar-refractivity contribution is 0.0698. The number of hydrogen-bond acceptors (Lipinski definition) is 1. The molecule has 0 saturated carbocycles. The number of rotatable bonds is 1. The molecule has 73 valence electrons. The average molecular weight is 213 g/mol. The van der Waals surface area contributed by atoms with E-state index in [-0.39, 0.29) is 17.4 Å². The lowest BCUT2D eigenvalue weighted by Gasteiger charge is -2.05. The van der Waals surface area contributed by atoms with Crippen molar-refractivity contribution in [3.63, 3.8) is 0 Å². The SMILES string of the molecule is Cc1ccc2ccccc2c1C(=O)O.[Al]. The number of hydrogen-bond donors (Lipinski definition) is 1. The maximum absolute atomic E-state index is 11.0. The van der Waals surface area contributed by atoms with Crippen molar-refractivity contribution in [1.82, 2.24) is 0 Å². The second-order valence-electron chi connectivity index (χ2n) is 3.28. The van der Waals surface area contributed by atoms with Crippen molar-refractivity contribution in [3.05, 3.63) is 47.5 Å². The van der Waals surface area contributed by atoms with E-state index in [2.05, 4.69) is 0 Å². The van der Waals surface area contributed by atoms with Gasteiger partial charge in [-0.15, -0.1) is 0 Å². The molecule has 15 heavy (non-hydrogen) atoms. The Bertz CT molecular complexity index is 506. The van der Waals surface area contributed by atoms with Gasteiger partial charge < -0.3 is 5.11 Å². The summed E-state index contributed by atoms with van der Waals surface area (Å²) in [4.78, 5) is 11.0. The van der Waals surface area contributed by atoms with E-state index in [9.17, 15) is 4.79 Å². The van der Waals surface area contributed by atoms with Gasteiger partial charge in [-0.2, -0.15) is 0 Å². The van der Waals surface area contributed by atoms with Crippen LogP contribution in [0.3, 0.4) is 0 Å². The van der Waals surface area contributed by atoms with E-state index in [1.807, 2.05) is 43.3 Å². The zero-order valence-electron chi connectivity index (χ0n) is 8.40. The van der Waals surface area contributed by atoms with Gasteiger partial charge in [0.2, 0.25) is 0 Å². The van der Waals surface area contributed by atoms with Crippen LogP contribution < -0.4 is 0 Å². The number of aryl methyl sites for hydroxylation is 1. The van der Waals surface area contributed by atoms with Crippen molar-refractivity contribution in [2.45, 2.75) is 6.92 Å². The molecule has 0 fully saturated rings. The number of benzene rings is 2. The Morgan fingerprint density at radius 1 is 1.13 bits per heavy atom. The highest BCUT2D eigenvalue weighted by Crippen LogP contribution is 2.21. The quantitative estimate of drug-likeness (QED) is 0.739. The van der Waals surface area contributed by atoms with E-state index in [0.29, 0.717) is 5.56 Å². The van der Waals surface area contributed by atoms with Crippen LogP contribution in [0.1, 0.15) is 15.9 Å². The zero-order valence-corrected chi connectivity index (χ0v) is 9.55. The molecule has 2 nitrogen and oxygen atoms in total. The lowest BCUT2D eigenvalue weighted by Crippen LogP contribution is -2.00. The first kappa shape index (κ1) is 11.8. The third kappa shape index (κ3) is 2.04. The molecule has 0 atom stereocenters. The Morgan fingerprint density at radius 3 is 2.47 bits per heavy atom. The first-order valence-corrected chi connectivity index (χ1v) is 4.42. The summed E-state index contributed by atoms with van der Waals surface area (Å²) in [5.74, 6) is -0.862. The van der Waals surface area contributed by atoms with Gasteiger partial charge in [0.25, 0.3) is 0 Å². The maximum atomic E-state index is 11.0. The van der Waals surface area contributed by atoms with Gasteiger partial charge in [-0.05, 0) is 23.3 Å². The number of carboxylic acids is 1. The summed E-state index contributed by atoms with van der Waals surface area (Å²) in [6.45, 7) is 1.82. The first-order chi connectivity index (χ1) is 6.70. The smallest absolute Gasteiger partial charge is 0.336 e. The highest BCUT2D eigenvalue weighted by atomic mass is 27.0. The van der Waals surface area contributed by atoms with Gasteiger partial charge in [-0.25, -0.2) is 4.79 Å². The summed E-state index contributed by atoms with van der Waals surface area (Å²) in [5.41, 5.74) is 1.21. The number of fused-ring (bicyclic) bond motifs is 1. The summed E-state index contributed by atoms with van der Waals surface area (Å²) >= 11 is 0. The molecular weight excluding hydrogens is 203 g/mol. The fraction of sp³-hybridized carbons (Fsp3) is 0.0833. The van der Waals surface area contributed by atoms with Crippen LogP contribution in [0, 0.1) is 6.92 Å². The van der Waals surface area contributed by atoms with Crippen LogP contribution in [0.25, 0.3) is 10.8 Å². The highest BCUT2D eigenvalue weighted by Gasteiger charge is 2.10. The Labute approximate surface area is 98.7 Å². The Morgan fingerprint density at radius 2 is 1.80 bits per heavy atom. The summed E-state index contributed by atoms with van der Waals surface area (Å²) in [7, 11) is 0. The zero-order chi connectivity index (χ0) is 10.1. The molecule has 3 radical (unpaired) electrons. The minimum Gasteiger partial charge on any atom is -0.478 e. The molecule has 2 aromatic rings. The molecule has 0 unspecified atom stereocenters. The predicted molar refractivity (Wildman–Crippen MR) is 61.4 cm³/mol. The Balaban J connectivity index is 0.00000112. The topological polar surface area (TPSA) is 37.3 Å². The molecule has 0 spiro atoms. The van der Waals surface area contributed by atoms with Crippen LogP contribution in [0.2, 0.25) is 0 Å². The van der Waals surface area contributed by atoms with Crippen molar-refractivity contribution in [1.29, 1.82) is 0 Å². The molecule has 0 aliphatic carbocycles. The second-order valence-corrected chi connectivity index (χ2v) is 3.28. The first-order valence-electron chi connectivity index (χ1n) is 4.42. The summed E-state index contributed by atoms with van der Waals surface area (Å²) in [6, 6.07) is 11.3. The van der Waals surface area contributed by atoms with Gasteiger partial charge in [0.15, 0.2) is 0 Å². The fourth-order valence-electron chi connectivity index (χ4n) is 1.66. The van der Waals surface area contributed by atoms with E-state index in [0.717, 1.165) is 16.3 Å². The van der Waals surface area contributed by atoms with Gasteiger partial charge in [-0.1, -0.05) is 36.4 Å². The van der Waals surface area contributed by atoms with Gasteiger partial charge in [0.05, 0.1) is 5.56 Å². The molecule has 2 aromatic carbocycles. The summed E-state index contributed by atoms with van der Waals surface area (Å²) in [5, 5.41) is 10.8. The number of carboxylic acid groups (broad SMARTS) is 1. The highest BCUT2D eigenvalue weighted by molar-refractivity contribution is 6.04. The van der Waals surface area contributed by atoms with E-state index >= 15 is 0 Å². The maximum Gasteiger partial charge on any atom is 0.336 e. The van der Waals surface area contributed by atoms with Gasteiger partial charge in [0.1, 0.15) is 0 Å². The molecule has 3 heteroatoms. The van der Waals surface area contributed by atoms with Crippen molar-refractivity contribution in [3.8, 4) is 0 Å². The number of aromatic carboxylic acids is 1. The Hall–Kier alpha value is -1.30.